The highest BCUT2D eigenvalue weighted by molar-refractivity contribution is 8.00. The van der Waals surface area contributed by atoms with E-state index in [4.69, 9.17) is 10.8 Å². The molecule has 1 rings (SSSR count). The van der Waals surface area contributed by atoms with E-state index in [1.165, 1.54) is 16.7 Å². The van der Waals surface area contributed by atoms with Crippen molar-refractivity contribution in [2.45, 2.75) is 31.7 Å². The largest absolute Gasteiger partial charge is 0.480 e. The summed E-state index contributed by atoms with van der Waals surface area (Å²) in [7, 11) is 0. The normalized spacial score (nSPS) is 26.8. The minimum Gasteiger partial charge on any atom is -0.480 e. The van der Waals surface area contributed by atoms with Crippen LogP contribution in [0.3, 0.4) is 0 Å². The lowest BCUT2D eigenvalue weighted by molar-refractivity contribution is -0.149. The van der Waals surface area contributed by atoms with E-state index in [0.717, 1.165) is 0 Å². The molecule has 1 aliphatic rings. The third-order valence-corrected chi connectivity index (χ3v) is 3.94. The van der Waals surface area contributed by atoms with Crippen molar-refractivity contribution in [2.75, 3.05) is 12.3 Å². The van der Waals surface area contributed by atoms with Crippen LogP contribution in [0.1, 0.15) is 20.3 Å². The fraction of sp³-hybridized carbons (Fsp3) is 0.800. The van der Waals surface area contributed by atoms with E-state index in [9.17, 15) is 9.59 Å². The summed E-state index contributed by atoms with van der Waals surface area (Å²) in [6.07, 6.45) is 0.325. The zero-order valence-electron chi connectivity index (χ0n) is 9.55. The third-order valence-electron chi connectivity index (χ3n) is 2.72. The summed E-state index contributed by atoms with van der Waals surface area (Å²) in [5.74, 6) is -0.465. The smallest absolute Gasteiger partial charge is 0.327 e. The van der Waals surface area contributed by atoms with Gasteiger partial charge in [-0.3, -0.25) is 4.79 Å². The van der Waals surface area contributed by atoms with E-state index in [-0.39, 0.29) is 17.2 Å². The molecule has 3 N–H and O–H groups in total. The summed E-state index contributed by atoms with van der Waals surface area (Å²) < 4.78 is 0. The zero-order valence-corrected chi connectivity index (χ0v) is 10.4. The predicted molar refractivity (Wildman–Crippen MR) is 63.0 cm³/mol. The molecule has 1 saturated heterocycles. The molecule has 0 aliphatic carbocycles. The van der Waals surface area contributed by atoms with Gasteiger partial charge >= 0.3 is 5.97 Å². The fourth-order valence-electron chi connectivity index (χ4n) is 1.70. The second kappa shape index (κ2) is 5.54. The molecule has 6 heteroatoms. The minimum atomic E-state index is -0.925. The number of amides is 1. The molecule has 3 unspecified atom stereocenters. The molecule has 0 radical (unpaired) electrons. The number of carbonyl (C=O) groups is 2. The van der Waals surface area contributed by atoms with Crippen molar-refractivity contribution in [3.8, 4) is 0 Å². The van der Waals surface area contributed by atoms with Crippen LogP contribution >= 0.6 is 11.8 Å². The molecule has 3 atom stereocenters. The summed E-state index contributed by atoms with van der Waals surface area (Å²) in [4.78, 5) is 24.4. The maximum Gasteiger partial charge on any atom is 0.327 e. The van der Waals surface area contributed by atoms with Crippen LogP contribution < -0.4 is 5.73 Å². The van der Waals surface area contributed by atoms with Gasteiger partial charge in [-0.05, 0) is 19.4 Å². The van der Waals surface area contributed by atoms with Crippen LogP contribution in [0.2, 0.25) is 0 Å². The topological polar surface area (TPSA) is 83.6 Å². The minimum absolute atomic E-state index is 0.0569. The lowest BCUT2D eigenvalue weighted by Crippen LogP contribution is -2.45. The van der Waals surface area contributed by atoms with Gasteiger partial charge in [-0.2, -0.15) is 0 Å². The lowest BCUT2D eigenvalue weighted by atomic mass is 10.1. The number of carbonyl (C=O) groups excluding carboxylic acids is 1. The summed E-state index contributed by atoms with van der Waals surface area (Å²) in [6, 6.07) is -0.683. The quantitative estimate of drug-likeness (QED) is 0.747. The van der Waals surface area contributed by atoms with Crippen molar-refractivity contribution in [3.63, 3.8) is 0 Å². The van der Waals surface area contributed by atoms with Crippen molar-refractivity contribution in [2.24, 2.45) is 11.7 Å². The number of carboxylic acids is 1. The third kappa shape index (κ3) is 2.89. The molecule has 0 aromatic heterocycles. The molecule has 1 aliphatic heterocycles. The molecular weight excluding hydrogens is 228 g/mol. The van der Waals surface area contributed by atoms with Gasteiger partial charge in [0.15, 0.2) is 0 Å². The Morgan fingerprint density at radius 3 is 2.75 bits per heavy atom. The number of hydrogen-bond donors (Lipinski definition) is 2. The Kier molecular flexibility index (Phi) is 4.61. The number of rotatable bonds is 4. The first-order valence-electron chi connectivity index (χ1n) is 5.33. The number of nitrogens with two attached hydrogens (primary N) is 1. The second-order valence-corrected chi connectivity index (χ2v) is 5.48. The number of hydrogen-bond acceptors (Lipinski definition) is 4. The van der Waals surface area contributed by atoms with Crippen LogP contribution in [0.4, 0.5) is 0 Å². The SMILES string of the molecule is CC(CN)CC(=O)N1C(C)SCC1C(=O)O. The van der Waals surface area contributed by atoms with Gasteiger partial charge in [-0.25, -0.2) is 4.79 Å². The van der Waals surface area contributed by atoms with Crippen LogP contribution in [-0.4, -0.2) is 45.6 Å². The van der Waals surface area contributed by atoms with Crippen molar-refractivity contribution in [1.82, 2.24) is 4.90 Å². The molecule has 1 amide bonds. The van der Waals surface area contributed by atoms with Gasteiger partial charge in [-0.1, -0.05) is 6.92 Å². The molecule has 5 nitrogen and oxygen atoms in total. The molecule has 0 aromatic carbocycles. The molecule has 92 valence electrons. The average Bonchev–Trinajstić information content (AvgIpc) is 2.59. The molecule has 0 aromatic rings. The Morgan fingerprint density at radius 2 is 2.25 bits per heavy atom. The second-order valence-electron chi connectivity index (χ2n) is 4.13. The zero-order chi connectivity index (χ0) is 12.3. The van der Waals surface area contributed by atoms with E-state index in [1.54, 1.807) is 0 Å². The van der Waals surface area contributed by atoms with Gasteiger partial charge in [0.05, 0.1) is 5.37 Å². The maximum atomic E-state index is 11.9. The van der Waals surface area contributed by atoms with Gasteiger partial charge < -0.3 is 15.7 Å². The Bertz CT molecular complexity index is 285. The summed E-state index contributed by atoms with van der Waals surface area (Å²) in [6.45, 7) is 4.19. The van der Waals surface area contributed by atoms with Crippen molar-refractivity contribution in [1.29, 1.82) is 0 Å². The molecule has 1 fully saturated rings. The van der Waals surface area contributed by atoms with Gasteiger partial charge in [-0.15, -0.1) is 11.8 Å². The van der Waals surface area contributed by atoms with Crippen molar-refractivity contribution < 1.29 is 14.7 Å². The highest BCUT2D eigenvalue weighted by Crippen LogP contribution is 2.29. The summed E-state index contributed by atoms with van der Waals surface area (Å²) >= 11 is 1.50. The van der Waals surface area contributed by atoms with Crippen LogP contribution in [0.25, 0.3) is 0 Å². The number of nitrogens with zero attached hydrogens (tertiary/aromatic N) is 1. The number of aliphatic carboxylic acids is 1. The number of thioether (sulfide) groups is 1. The van der Waals surface area contributed by atoms with E-state index in [0.29, 0.717) is 18.7 Å². The Balaban J connectivity index is 2.68. The standard InChI is InChI=1S/C10H18N2O3S/c1-6(4-11)3-9(13)12-7(2)16-5-8(12)10(14)15/h6-8H,3-5,11H2,1-2H3,(H,14,15). The van der Waals surface area contributed by atoms with Gasteiger partial charge in [0.1, 0.15) is 6.04 Å². The lowest BCUT2D eigenvalue weighted by Gasteiger charge is -2.26. The first-order chi connectivity index (χ1) is 7.47. The fourth-order valence-corrected chi connectivity index (χ4v) is 2.89. The van der Waals surface area contributed by atoms with E-state index in [2.05, 4.69) is 0 Å². The Labute approximate surface area is 99.4 Å². The molecule has 0 bridgehead atoms. The van der Waals surface area contributed by atoms with Crippen LogP contribution in [0.15, 0.2) is 0 Å². The van der Waals surface area contributed by atoms with Crippen LogP contribution in [0.5, 0.6) is 0 Å². The van der Waals surface area contributed by atoms with E-state index < -0.39 is 12.0 Å². The average molecular weight is 246 g/mol. The molecule has 16 heavy (non-hydrogen) atoms. The predicted octanol–water partition coefficient (Wildman–Crippen LogP) is 0.346. The number of carboxylic acid groups (broad SMARTS) is 1. The molecular formula is C10H18N2O3S. The Hall–Kier alpha value is -0.750. The van der Waals surface area contributed by atoms with Gasteiger partial charge in [0.2, 0.25) is 5.91 Å². The van der Waals surface area contributed by atoms with E-state index in [1.807, 2.05) is 13.8 Å². The molecule has 0 spiro atoms. The summed E-state index contributed by atoms with van der Waals surface area (Å²) in [5.41, 5.74) is 5.46. The highest BCUT2D eigenvalue weighted by Gasteiger charge is 2.39. The van der Waals surface area contributed by atoms with E-state index >= 15 is 0 Å². The Morgan fingerprint density at radius 1 is 1.62 bits per heavy atom. The van der Waals surface area contributed by atoms with Gasteiger partial charge in [0, 0.05) is 12.2 Å². The van der Waals surface area contributed by atoms with Crippen LogP contribution in [-0.2, 0) is 9.59 Å². The van der Waals surface area contributed by atoms with Crippen molar-refractivity contribution in [3.05, 3.63) is 0 Å². The molecule has 0 saturated carbocycles. The van der Waals surface area contributed by atoms with Crippen LogP contribution in [0, 0.1) is 5.92 Å². The monoisotopic (exact) mass is 246 g/mol. The maximum absolute atomic E-state index is 11.9. The molecule has 1 heterocycles. The first-order valence-corrected chi connectivity index (χ1v) is 6.37. The highest BCUT2D eigenvalue weighted by atomic mass is 32.2. The summed E-state index contributed by atoms with van der Waals surface area (Å²) in [5, 5.41) is 8.95. The first kappa shape index (κ1) is 13.3. The van der Waals surface area contributed by atoms with Gasteiger partial charge in [0.25, 0.3) is 0 Å². The van der Waals surface area contributed by atoms with Crippen molar-refractivity contribution >= 4 is 23.6 Å².